The van der Waals surface area contributed by atoms with Gasteiger partial charge in [-0.25, -0.2) is 9.37 Å². The van der Waals surface area contributed by atoms with E-state index >= 15 is 0 Å². The van der Waals surface area contributed by atoms with Crippen molar-refractivity contribution in [2.75, 3.05) is 45.2 Å². The molecule has 2 amide bonds. The van der Waals surface area contributed by atoms with E-state index in [1.807, 2.05) is 35.0 Å². The highest BCUT2D eigenvalue weighted by molar-refractivity contribution is 5.84. The number of aromatic nitrogens is 1. The van der Waals surface area contributed by atoms with Gasteiger partial charge in [0.25, 0.3) is 0 Å². The summed E-state index contributed by atoms with van der Waals surface area (Å²) in [5, 5.41) is 0. The second-order valence-electron chi connectivity index (χ2n) is 10.2. The minimum Gasteiger partial charge on any atom is -0.363 e. The zero-order valence-electron chi connectivity index (χ0n) is 20.5. The molecule has 2 fully saturated rings. The largest absolute Gasteiger partial charge is 0.363 e. The number of carbonyl (C=O) groups is 2. The minimum atomic E-state index is -0.443. The first-order valence-corrected chi connectivity index (χ1v) is 12.2. The fourth-order valence-electron chi connectivity index (χ4n) is 5.10. The molecule has 0 radical (unpaired) electrons. The average Bonchev–Trinajstić information content (AvgIpc) is 2.85. The van der Waals surface area contributed by atoms with Gasteiger partial charge >= 0.3 is 0 Å². The highest BCUT2D eigenvalue weighted by Crippen LogP contribution is 2.36. The van der Waals surface area contributed by atoms with Crippen LogP contribution in [0, 0.1) is 11.2 Å². The van der Waals surface area contributed by atoms with Gasteiger partial charge in [-0.15, -0.1) is 0 Å². The van der Waals surface area contributed by atoms with Crippen molar-refractivity contribution in [2.45, 2.75) is 44.9 Å². The van der Waals surface area contributed by atoms with Gasteiger partial charge in [0.1, 0.15) is 11.6 Å². The molecule has 0 spiro atoms. The van der Waals surface area contributed by atoms with Crippen molar-refractivity contribution in [1.82, 2.24) is 14.8 Å². The monoisotopic (exact) mass is 466 g/mol. The highest BCUT2D eigenvalue weighted by Gasteiger charge is 2.41. The van der Waals surface area contributed by atoms with Crippen LogP contribution in [0.5, 0.6) is 0 Å². The Hall–Kier alpha value is -2.96. The van der Waals surface area contributed by atoms with E-state index in [4.69, 9.17) is 0 Å². The van der Waals surface area contributed by atoms with E-state index in [1.54, 1.807) is 12.1 Å². The summed E-state index contributed by atoms with van der Waals surface area (Å²) >= 11 is 0. The fraction of sp³-hybridized carbons (Fsp3) is 0.519. The number of hydrogen-bond donors (Lipinski definition) is 0. The number of anilines is 1. The molecule has 0 unspecified atom stereocenters. The molecule has 2 saturated heterocycles. The van der Waals surface area contributed by atoms with Crippen LogP contribution in [0.4, 0.5) is 10.2 Å². The Morgan fingerprint density at radius 2 is 1.79 bits per heavy atom. The molecule has 34 heavy (non-hydrogen) atoms. The Morgan fingerprint density at radius 3 is 2.47 bits per heavy atom. The first-order valence-electron chi connectivity index (χ1n) is 12.2. The molecule has 1 aromatic carbocycles. The number of hydrogen-bond acceptors (Lipinski definition) is 4. The predicted octanol–water partition coefficient (Wildman–Crippen LogP) is 3.86. The summed E-state index contributed by atoms with van der Waals surface area (Å²) in [5.41, 5.74) is 1.60. The zero-order valence-corrected chi connectivity index (χ0v) is 20.5. The van der Waals surface area contributed by atoms with Crippen molar-refractivity contribution in [3.05, 3.63) is 59.5 Å². The maximum Gasteiger partial charge on any atom is 0.228 e. The maximum atomic E-state index is 13.6. The summed E-state index contributed by atoms with van der Waals surface area (Å²) in [4.78, 5) is 36.6. The van der Waals surface area contributed by atoms with Gasteiger partial charge in [0.2, 0.25) is 11.8 Å². The van der Waals surface area contributed by atoms with Gasteiger partial charge < -0.3 is 14.7 Å². The van der Waals surface area contributed by atoms with Gasteiger partial charge in [0.05, 0.1) is 6.42 Å². The van der Waals surface area contributed by atoms with Crippen LogP contribution in [0.25, 0.3) is 0 Å². The van der Waals surface area contributed by atoms with E-state index in [0.717, 1.165) is 37.3 Å². The number of carbonyl (C=O) groups excluding carboxylic acids is 2. The molecule has 0 aliphatic carbocycles. The smallest absolute Gasteiger partial charge is 0.228 e. The molecule has 0 N–H and O–H groups in total. The summed E-state index contributed by atoms with van der Waals surface area (Å²) in [5.74, 6) is 1.20. The Bertz CT molecular complexity index is 1020. The number of likely N-dealkylation sites (tertiary alicyclic amines) is 2. The van der Waals surface area contributed by atoms with Crippen LogP contribution in [-0.2, 0) is 16.0 Å². The van der Waals surface area contributed by atoms with Gasteiger partial charge in [-0.3, -0.25) is 9.59 Å². The highest BCUT2D eigenvalue weighted by atomic mass is 19.1. The molecule has 2 aromatic rings. The topological polar surface area (TPSA) is 56.8 Å². The molecular formula is C27H35FN4O2. The summed E-state index contributed by atoms with van der Waals surface area (Å²) in [6.45, 7) is 4.74. The van der Waals surface area contributed by atoms with E-state index in [1.165, 1.54) is 17.7 Å². The van der Waals surface area contributed by atoms with Crippen LogP contribution >= 0.6 is 0 Å². The van der Waals surface area contributed by atoms with Crippen LogP contribution in [0.15, 0.2) is 42.6 Å². The normalized spacial score (nSPS) is 20.2. The van der Waals surface area contributed by atoms with Crippen LogP contribution in [0.3, 0.4) is 0 Å². The minimum absolute atomic E-state index is 0.0357. The van der Waals surface area contributed by atoms with Crippen LogP contribution in [0.2, 0.25) is 0 Å². The Labute approximate surface area is 201 Å². The lowest BCUT2D eigenvalue weighted by atomic mass is 9.78. The van der Waals surface area contributed by atoms with Gasteiger partial charge in [0.15, 0.2) is 0 Å². The number of piperidine rings is 2. The van der Waals surface area contributed by atoms with Crippen molar-refractivity contribution in [2.24, 2.45) is 5.41 Å². The average molecular weight is 467 g/mol. The zero-order chi connectivity index (χ0) is 24.3. The number of nitrogens with zero attached hydrogens (tertiary/aromatic N) is 4. The number of halogens is 1. The summed E-state index contributed by atoms with van der Waals surface area (Å²) < 4.78 is 13.1. The third kappa shape index (κ3) is 5.40. The van der Waals surface area contributed by atoms with E-state index in [2.05, 4.69) is 24.0 Å². The first-order chi connectivity index (χ1) is 16.2. The van der Waals surface area contributed by atoms with Gasteiger partial charge in [0, 0.05) is 57.8 Å². The third-order valence-electron chi connectivity index (χ3n) is 7.41. The quantitative estimate of drug-likeness (QED) is 0.672. The maximum absolute atomic E-state index is 13.6. The predicted molar refractivity (Wildman–Crippen MR) is 131 cm³/mol. The van der Waals surface area contributed by atoms with E-state index < -0.39 is 5.41 Å². The molecule has 1 aromatic heterocycles. The molecule has 182 valence electrons. The van der Waals surface area contributed by atoms with Crippen molar-refractivity contribution in [3.63, 3.8) is 0 Å². The molecule has 0 bridgehead atoms. The molecule has 2 aliphatic rings. The number of rotatable bonds is 5. The third-order valence-corrected chi connectivity index (χ3v) is 7.41. The second kappa shape index (κ2) is 10.1. The van der Waals surface area contributed by atoms with Crippen molar-refractivity contribution in [1.29, 1.82) is 0 Å². The lowest BCUT2D eigenvalue weighted by molar-refractivity contribution is -0.148. The molecule has 7 heteroatoms. The Morgan fingerprint density at radius 1 is 1.09 bits per heavy atom. The Kier molecular flexibility index (Phi) is 7.19. The summed E-state index contributed by atoms with van der Waals surface area (Å²) in [6, 6.07) is 10.3. The van der Waals surface area contributed by atoms with Crippen molar-refractivity contribution in [3.8, 4) is 0 Å². The molecule has 4 rings (SSSR count). The molecule has 1 atom stereocenters. The van der Waals surface area contributed by atoms with E-state index in [9.17, 15) is 14.0 Å². The molecule has 0 saturated carbocycles. The standard InChI is InChI=1S/C27H35FN4O2/c1-27(11-15-31(16-12-27)25(33)17-20-6-8-23(28)9-7-20)26(34)32-14-4-5-22(19-32)21-10-13-29-24(18-21)30(2)3/h6-10,13,18,22H,4-5,11-12,14-17,19H2,1-3H3/t22-/m0/s1. The van der Waals surface area contributed by atoms with Crippen molar-refractivity contribution >= 4 is 17.6 Å². The number of amides is 2. The summed E-state index contributed by atoms with van der Waals surface area (Å²) in [6.07, 6.45) is 5.52. The SMILES string of the molecule is CN(C)c1cc([C@H]2CCCN(C(=O)C3(C)CCN(C(=O)Cc4ccc(F)cc4)CC3)C2)ccn1. The summed E-state index contributed by atoms with van der Waals surface area (Å²) in [7, 11) is 3.97. The van der Waals surface area contributed by atoms with Gasteiger partial charge in [-0.05, 0) is 61.1 Å². The Balaban J connectivity index is 1.35. The first kappa shape index (κ1) is 24.2. The lowest BCUT2D eigenvalue weighted by Gasteiger charge is -2.43. The van der Waals surface area contributed by atoms with Gasteiger partial charge in [-0.2, -0.15) is 0 Å². The molecule has 3 heterocycles. The fourth-order valence-corrected chi connectivity index (χ4v) is 5.10. The molecule has 2 aliphatic heterocycles. The van der Waals surface area contributed by atoms with Crippen LogP contribution in [0.1, 0.15) is 49.7 Å². The van der Waals surface area contributed by atoms with E-state index in [0.29, 0.717) is 31.8 Å². The van der Waals surface area contributed by atoms with Crippen molar-refractivity contribution < 1.29 is 14.0 Å². The van der Waals surface area contributed by atoms with Crippen LogP contribution < -0.4 is 4.90 Å². The number of benzene rings is 1. The van der Waals surface area contributed by atoms with Gasteiger partial charge in [-0.1, -0.05) is 19.1 Å². The van der Waals surface area contributed by atoms with Crippen LogP contribution in [-0.4, -0.2) is 66.9 Å². The number of pyridine rings is 1. The van der Waals surface area contributed by atoms with E-state index in [-0.39, 0.29) is 24.1 Å². The molecule has 6 nitrogen and oxygen atoms in total. The second-order valence-corrected chi connectivity index (χ2v) is 10.2. The lowest BCUT2D eigenvalue weighted by Crippen LogP contribution is -2.52. The molecular weight excluding hydrogens is 431 g/mol.